The largest absolute Gasteiger partial charge is 0.496 e. The van der Waals surface area contributed by atoms with Crippen molar-refractivity contribution in [2.24, 2.45) is 0 Å². The molecular weight excluding hydrogens is 416 g/mol. The lowest BCUT2D eigenvalue weighted by molar-refractivity contribution is -0.115. The summed E-state index contributed by atoms with van der Waals surface area (Å²) in [5.41, 5.74) is 3.48. The van der Waals surface area contributed by atoms with Crippen LogP contribution < -0.4 is 20.7 Å². The first kappa shape index (κ1) is 21.8. The van der Waals surface area contributed by atoms with E-state index in [1.54, 1.807) is 19.4 Å². The van der Waals surface area contributed by atoms with Crippen molar-refractivity contribution < 1.29 is 9.53 Å². The molecule has 2 aromatic carbocycles. The van der Waals surface area contributed by atoms with Gasteiger partial charge in [0.2, 0.25) is 5.91 Å². The van der Waals surface area contributed by atoms with Crippen molar-refractivity contribution in [1.29, 1.82) is 0 Å². The summed E-state index contributed by atoms with van der Waals surface area (Å²) < 4.78 is 5.31. The van der Waals surface area contributed by atoms with E-state index in [2.05, 4.69) is 30.9 Å². The molecule has 0 aliphatic heterocycles. The lowest BCUT2D eigenvalue weighted by Crippen LogP contribution is -2.14. The number of hydrogen-bond acceptors (Lipinski definition) is 7. The minimum Gasteiger partial charge on any atom is -0.496 e. The molecule has 33 heavy (non-hydrogen) atoms. The molecule has 8 nitrogen and oxygen atoms in total. The zero-order chi connectivity index (χ0) is 23.0. The highest BCUT2D eigenvalue weighted by Gasteiger charge is 2.09. The third-order valence-corrected chi connectivity index (χ3v) is 4.82. The quantitative estimate of drug-likeness (QED) is 0.360. The fourth-order valence-corrected chi connectivity index (χ4v) is 3.24. The van der Waals surface area contributed by atoms with Crippen LogP contribution in [0.4, 0.5) is 28.8 Å². The van der Waals surface area contributed by atoms with Gasteiger partial charge in [0.25, 0.3) is 0 Å². The number of methoxy groups -OCH3 is 1. The fourth-order valence-electron chi connectivity index (χ4n) is 3.24. The van der Waals surface area contributed by atoms with Gasteiger partial charge in [-0.05, 0) is 55.0 Å². The van der Waals surface area contributed by atoms with E-state index in [0.29, 0.717) is 28.9 Å². The second-order valence-corrected chi connectivity index (χ2v) is 7.37. The molecule has 0 fully saturated rings. The van der Waals surface area contributed by atoms with Crippen LogP contribution >= 0.6 is 0 Å². The molecule has 4 rings (SSSR count). The minimum atomic E-state index is -0.114. The molecule has 0 saturated carbocycles. The summed E-state index contributed by atoms with van der Waals surface area (Å²) in [6.07, 6.45) is 3.46. The molecule has 0 aliphatic carbocycles. The Kier molecular flexibility index (Phi) is 6.75. The van der Waals surface area contributed by atoms with Crippen LogP contribution in [0.3, 0.4) is 0 Å². The van der Waals surface area contributed by atoms with Crippen LogP contribution in [0.1, 0.15) is 11.1 Å². The first-order valence-electron chi connectivity index (χ1n) is 10.4. The molecule has 1 amide bonds. The third kappa shape index (κ3) is 6.04. The molecule has 0 aliphatic rings. The van der Waals surface area contributed by atoms with Gasteiger partial charge in [0.1, 0.15) is 29.5 Å². The smallest absolute Gasteiger partial charge is 0.228 e. The van der Waals surface area contributed by atoms with Crippen molar-refractivity contribution in [3.63, 3.8) is 0 Å². The maximum absolute atomic E-state index is 12.4. The lowest BCUT2D eigenvalue weighted by atomic mass is 10.1. The monoisotopic (exact) mass is 440 g/mol. The number of aryl methyl sites for hydroxylation is 1. The van der Waals surface area contributed by atoms with Crippen molar-refractivity contribution >= 4 is 34.7 Å². The first-order valence-corrected chi connectivity index (χ1v) is 10.4. The Morgan fingerprint density at radius 3 is 2.30 bits per heavy atom. The second kappa shape index (κ2) is 10.2. The molecule has 2 aromatic heterocycles. The van der Waals surface area contributed by atoms with Crippen LogP contribution in [0.2, 0.25) is 0 Å². The molecule has 0 saturated heterocycles. The highest BCUT2D eigenvalue weighted by atomic mass is 16.5. The summed E-state index contributed by atoms with van der Waals surface area (Å²) in [7, 11) is 1.60. The molecule has 3 N–H and O–H groups in total. The Labute approximate surface area is 192 Å². The predicted molar refractivity (Wildman–Crippen MR) is 129 cm³/mol. The van der Waals surface area contributed by atoms with E-state index < -0.39 is 0 Å². The summed E-state index contributed by atoms with van der Waals surface area (Å²) in [6.45, 7) is 2.00. The van der Waals surface area contributed by atoms with Crippen LogP contribution in [0.25, 0.3) is 0 Å². The second-order valence-electron chi connectivity index (χ2n) is 7.37. The van der Waals surface area contributed by atoms with E-state index in [-0.39, 0.29) is 12.3 Å². The van der Waals surface area contributed by atoms with Crippen LogP contribution in [0.15, 0.2) is 79.3 Å². The van der Waals surface area contributed by atoms with E-state index >= 15 is 0 Å². The summed E-state index contributed by atoms with van der Waals surface area (Å²) >= 11 is 0. The first-order chi connectivity index (χ1) is 16.1. The highest BCUT2D eigenvalue weighted by Crippen LogP contribution is 2.21. The van der Waals surface area contributed by atoms with Gasteiger partial charge < -0.3 is 20.7 Å². The molecule has 0 bridgehead atoms. The number of aromatic nitrogens is 3. The number of hydrogen-bond donors (Lipinski definition) is 3. The molecule has 0 atom stereocenters. The normalized spacial score (nSPS) is 10.4. The molecule has 0 spiro atoms. The summed E-state index contributed by atoms with van der Waals surface area (Å²) in [5, 5.41) is 9.32. The number of ether oxygens (including phenoxy) is 1. The maximum atomic E-state index is 12.4. The van der Waals surface area contributed by atoms with Crippen LogP contribution in [-0.2, 0) is 11.2 Å². The molecule has 8 heteroatoms. The Morgan fingerprint density at radius 1 is 0.848 bits per heavy atom. The number of carbonyl (C=O) groups is 1. The van der Waals surface area contributed by atoms with E-state index in [9.17, 15) is 4.79 Å². The fraction of sp³-hybridized carbons (Fsp3) is 0.120. The number of amides is 1. The molecule has 166 valence electrons. The summed E-state index contributed by atoms with van der Waals surface area (Å²) in [6, 6.07) is 20.6. The number of nitrogens with one attached hydrogen (secondary N) is 3. The third-order valence-electron chi connectivity index (χ3n) is 4.82. The minimum absolute atomic E-state index is 0.114. The Bertz CT molecular complexity index is 1240. The number of para-hydroxylation sites is 1. The van der Waals surface area contributed by atoms with Crippen molar-refractivity contribution in [3.05, 3.63) is 90.4 Å². The van der Waals surface area contributed by atoms with Gasteiger partial charge in [-0.1, -0.05) is 18.2 Å². The van der Waals surface area contributed by atoms with Gasteiger partial charge in [-0.15, -0.1) is 0 Å². The molecular formula is C25H24N6O2. The predicted octanol–water partition coefficient (Wildman–Crippen LogP) is 4.86. The summed E-state index contributed by atoms with van der Waals surface area (Å²) in [5.74, 6) is 2.56. The van der Waals surface area contributed by atoms with Crippen molar-refractivity contribution in [2.45, 2.75) is 13.3 Å². The number of carbonyl (C=O) groups excluding carboxylic acids is 1. The van der Waals surface area contributed by atoms with Gasteiger partial charge >= 0.3 is 0 Å². The Morgan fingerprint density at radius 2 is 1.55 bits per heavy atom. The number of nitrogens with zero attached hydrogens (tertiary/aromatic N) is 3. The average molecular weight is 441 g/mol. The molecule has 0 unspecified atom stereocenters. The highest BCUT2D eigenvalue weighted by molar-refractivity contribution is 5.92. The number of rotatable bonds is 8. The van der Waals surface area contributed by atoms with Gasteiger partial charge in [0.15, 0.2) is 0 Å². The van der Waals surface area contributed by atoms with Crippen LogP contribution in [0, 0.1) is 6.92 Å². The lowest BCUT2D eigenvalue weighted by Gasteiger charge is -2.11. The van der Waals surface area contributed by atoms with Crippen molar-refractivity contribution in [1.82, 2.24) is 15.0 Å². The van der Waals surface area contributed by atoms with Gasteiger partial charge in [-0.25, -0.2) is 15.0 Å². The number of benzene rings is 2. The van der Waals surface area contributed by atoms with Crippen LogP contribution in [0.5, 0.6) is 5.75 Å². The maximum Gasteiger partial charge on any atom is 0.228 e. The van der Waals surface area contributed by atoms with E-state index in [1.165, 1.54) is 6.33 Å². The van der Waals surface area contributed by atoms with Gasteiger partial charge in [0, 0.05) is 29.2 Å². The van der Waals surface area contributed by atoms with E-state index in [0.717, 1.165) is 16.8 Å². The van der Waals surface area contributed by atoms with Crippen molar-refractivity contribution in [2.75, 3.05) is 23.1 Å². The topological polar surface area (TPSA) is 101 Å². The van der Waals surface area contributed by atoms with Gasteiger partial charge in [0.05, 0.1) is 13.5 Å². The van der Waals surface area contributed by atoms with E-state index in [4.69, 9.17) is 4.74 Å². The zero-order valence-corrected chi connectivity index (χ0v) is 18.4. The Balaban J connectivity index is 1.36. The Hall–Kier alpha value is -4.46. The van der Waals surface area contributed by atoms with Gasteiger partial charge in [-0.3, -0.25) is 4.79 Å². The standard InChI is InChI=1S/C25H24N6O2/c1-17-11-12-26-22(13-17)31-24-15-23(27-16-28-24)29-19-7-9-20(10-8-19)30-25(32)14-18-5-3-4-6-21(18)33-2/h3-13,15-16H,14H2,1-2H3,(H,30,32)(H2,26,27,28,29,31). The van der Waals surface area contributed by atoms with Crippen molar-refractivity contribution in [3.8, 4) is 5.75 Å². The average Bonchev–Trinajstić information content (AvgIpc) is 2.81. The van der Waals surface area contributed by atoms with Gasteiger partial charge in [-0.2, -0.15) is 0 Å². The van der Waals surface area contributed by atoms with Crippen LogP contribution in [-0.4, -0.2) is 28.0 Å². The number of anilines is 5. The SMILES string of the molecule is COc1ccccc1CC(=O)Nc1ccc(Nc2cc(Nc3cc(C)ccn3)ncn2)cc1. The van der Waals surface area contributed by atoms with E-state index in [1.807, 2.05) is 67.6 Å². The summed E-state index contributed by atoms with van der Waals surface area (Å²) in [4.78, 5) is 25.2. The number of pyridine rings is 1. The molecule has 4 aromatic rings. The molecule has 2 heterocycles. The molecule has 0 radical (unpaired) electrons. The zero-order valence-electron chi connectivity index (χ0n) is 18.4.